The van der Waals surface area contributed by atoms with E-state index in [2.05, 4.69) is 36.5 Å². The highest BCUT2D eigenvalue weighted by Crippen LogP contribution is 2.32. The molecule has 2 amide bonds. The molecule has 3 heterocycles. The van der Waals surface area contributed by atoms with Gasteiger partial charge in [-0.25, -0.2) is 9.97 Å². The Labute approximate surface area is 210 Å². The van der Waals surface area contributed by atoms with Gasteiger partial charge in [0.25, 0.3) is 11.8 Å². The van der Waals surface area contributed by atoms with Crippen molar-refractivity contribution in [2.24, 2.45) is 0 Å². The van der Waals surface area contributed by atoms with E-state index in [-0.39, 0.29) is 18.4 Å². The lowest BCUT2D eigenvalue weighted by atomic mass is 10.1. The number of fused-ring (bicyclic) bond motifs is 1. The minimum absolute atomic E-state index is 0.0883. The maximum Gasteiger partial charge on any atom is 0.262 e. The fourth-order valence-electron chi connectivity index (χ4n) is 3.92. The van der Waals surface area contributed by atoms with Crippen LogP contribution in [0, 0.1) is 6.92 Å². The van der Waals surface area contributed by atoms with Crippen molar-refractivity contribution in [3.63, 3.8) is 0 Å². The van der Waals surface area contributed by atoms with Gasteiger partial charge in [-0.05, 0) is 48.9 Å². The Morgan fingerprint density at radius 2 is 2.00 bits per heavy atom. The van der Waals surface area contributed by atoms with Crippen LogP contribution < -0.4 is 15.4 Å². The highest BCUT2D eigenvalue weighted by atomic mass is 79.9. The van der Waals surface area contributed by atoms with Crippen molar-refractivity contribution in [2.45, 2.75) is 13.3 Å². The highest BCUT2D eigenvalue weighted by Gasteiger charge is 2.21. The monoisotopic (exact) mass is 531 g/mol. The van der Waals surface area contributed by atoms with Crippen molar-refractivity contribution in [3.05, 3.63) is 82.1 Å². The summed E-state index contributed by atoms with van der Waals surface area (Å²) in [5.41, 5.74) is 5.28. The number of benzene rings is 2. The van der Waals surface area contributed by atoms with Gasteiger partial charge in [0.05, 0.1) is 22.5 Å². The van der Waals surface area contributed by atoms with Crippen LogP contribution in [-0.2, 0) is 11.2 Å². The van der Waals surface area contributed by atoms with Gasteiger partial charge in [-0.2, -0.15) is 0 Å². The largest absolute Gasteiger partial charge is 0.483 e. The molecule has 0 atom stereocenters. The molecule has 0 aliphatic carbocycles. The third-order valence-corrected chi connectivity index (χ3v) is 6.19. The molecule has 2 aromatic carbocycles. The smallest absolute Gasteiger partial charge is 0.262 e. The molecule has 1 aliphatic rings. The van der Waals surface area contributed by atoms with E-state index in [0.29, 0.717) is 34.9 Å². The van der Waals surface area contributed by atoms with Crippen molar-refractivity contribution < 1.29 is 14.3 Å². The SMILES string of the molecule is Cc1ccccc1NC(=O)COc1ccc(Br)cc1-c1nccc(-c2cc3c([nH]2)CCNC3=O)n1. The molecular formula is C26H22BrN5O3. The zero-order valence-corrected chi connectivity index (χ0v) is 20.5. The average molecular weight is 532 g/mol. The molecule has 2 aromatic heterocycles. The number of aryl methyl sites for hydroxylation is 1. The number of hydrogen-bond donors (Lipinski definition) is 3. The van der Waals surface area contributed by atoms with Crippen LogP contribution in [0.5, 0.6) is 5.75 Å². The molecule has 0 fully saturated rings. The van der Waals surface area contributed by atoms with Crippen LogP contribution in [0.2, 0.25) is 0 Å². The van der Waals surface area contributed by atoms with Crippen LogP contribution in [0.25, 0.3) is 22.8 Å². The molecular weight excluding hydrogens is 510 g/mol. The summed E-state index contributed by atoms with van der Waals surface area (Å²) in [5, 5.41) is 5.72. The maximum atomic E-state index is 12.5. The van der Waals surface area contributed by atoms with Gasteiger partial charge in [-0.1, -0.05) is 34.1 Å². The van der Waals surface area contributed by atoms with Crippen molar-refractivity contribution in [3.8, 4) is 28.5 Å². The summed E-state index contributed by atoms with van der Waals surface area (Å²) >= 11 is 3.49. The fourth-order valence-corrected chi connectivity index (χ4v) is 4.28. The number of amides is 2. The van der Waals surface area contributed by atoms with Crippen molar-refractivity contribution >= 4 is 33.4 Å². The molecule has 5 rings (SSSR count). The van der Waals surface area contributed by atoms with Crippen molar-refractivity contribution in [1.29, 1.82) is 0 Å². The second kappa shape index (κ2) is 9.71. The van der Waals surface area contributed by atoms with Crippen LogP contribution >= 0.6 is 15.9 Å². The molecule has 0 spiro atoms. The summed E-state index contributed by atoms with van der Waals surface area (Å²) in [4.78, 5) is 37.1. The number of H-pyrrole nitrogens is 1. The van der Waals surface area contributed by atoms with E-state index in [0.717, 1.165) is 33.5 Å². The Kier molecular flexibility index (Phi) is 6.33. The van der Waals surface area contributed by atoms with E-state index in [1.165, 1.54) is 0 Å². The Bertz CT molecular complexity index is 1430. The van der Waals surface area contributed by atoms with Crippen LogP contribution in [0.4, 0.5) is 5.69 Å². The predicted octanol–water partition coefficient (Wildman–Crippen LogP) is 4.51. The van der Waals surface area contributed by atoms with Gasteiger partial charge in [0.2, 0.25) is 0 Å². The molecule has 0 bridgehead atoms. The van der Waals surface area contributed by atoms with Gasteiger partial charge in [-0.3, -0.25) is 9.59 Å². The quantitative estimate of drug-likeness (QED) is 0.339. The van der Waals surface area contributed by atoms with Gasteiger partial charge in [0.1, 0.15) is 5.75 Å². The molecule has 0 radical (unpaired) electrons. The third kappa shape index (κ3) is 4.95. The number of nitrogens with one attached hydrogen (secondary N) is 3. The first-order chi connectivity index (χ1) is 17.0. The van der Waals surface area contributed by atoms with E-state index in [1.54, 1.807) is 18.3 Å². The molecule has 0 saturated heterocycles. The number of halogens is 1. The number of carbonyl (C=O) groups excluding carboxylic acids is 2. The van der Waals surface area contributed by atoms with Gasteiger partial charge < -0.3 is 20.4 Å². The third-order valence-electron chi connectivity index (χ3n) is 5.70. The number of anilines is 1. The van der Waals surface area contributed by atoms with E-state index in [4.69, 9.17) is 9.72 Å². The van der Waals surface area contributed by atoms with E-state index in [9.17, 15) is 9.59 Å². The lowest BCUT2D eigenvalue weighted by Crippen LogP contribution is -2.31. The van der Waals surface area contributed by atoms with Gasteiger partial charge >= 0.3 is 0 Å². The number of aromatic amines is 1. The first kappa shape index (κ1) is 22.8. The van der Waals surface area contributed by atoms with Crippen molar-refractivity contribution in [2.75, 3.05) is 18.5 Å². The second-order valence-corrected chi connectivity index (χ2v) is 9.05. The minimum atomic E-state index is -0.266. The zero-order chi connectivity index (χ0) is 24.4. The summed E-state index contributed by atoms with van der Waals surface area (Å²) in [6.07, 6.45) is 2.40. The maximum absolute atomic E-state index is 12.5. The highest BCUT2D eigenvalue weighted by molar-refractivity contribution is 9.10. The average Bonchev–Trinajstić information content (AvgIpc) is 3.31. The zero-order valence-electron chi connectivity index (χ0n) is 18.9. The number of aromatic nitrogens is 3. The normalized spacial score (nSPS) is 12.6. The number of para-hydroxylation sites is 1. The fraction of sp³-hybridized carbons (Fsp3) is 0.154. The molecule has 1 aliphatic heterocycles. The van der Waals surface area contributed by atoms with E-state index in [1.807, 2.05) is 49.4 Å². The van der Waals surface area contributed by atoms with Gasteiger partial charge in [0.15, 0.2) is 12.4 Å². The molecule has 0 saturated carbocycles. The number of ether oxygens (including phenoxy) is 1. The van der Waals surface area contributed by atoms with Gasteiger partial charge in [0, 0.05) is 35.0 Å². The van der Waals surface area contributed by atoms with E-state index < -0.39 is 0 Å². The summed E-state index contributed by atoms with van der Waals surface area (Å²) in [6, 6.07) is 16.6. The standard InChI is InChI=1S/C26H22BrN5O3/c1-15-4-2-3-5-19(15)31-24(33)14-35-23-7-6-16(27)12-18(23)25-28-10-9-21(32-25)22-13-17-20(30-22)8-11-29-26(17)34/h2-7,9-10,12-13,30H,8,11,14H2,1H3,(H,29,34)(H,31,33). The lowest BCUT2D eigenvalue weighted by molar-refractivity contribution is -0.118. The molecule has 8 nitrogen and oxygen atoms in total. The molecule has 176 valence electrons. The summed E-state index contributed by atoms with van der Waals surface area (Å²) < 4.78 is 6.70. The number of rotatable bonds is 6. The number of carbonyl (C=O) groups is 2. The Morgan fingerprint density at radius 3 is 2.83 bits per heavy atom. The first-order valence-corrected chi connectivity index (χ1v) is 11.9. The van der Waals surface area contributed by atoms with Crippen LogP contribution in [-0.4, -0.2) is 39.9 Å². The minimum Gasteiger partial charge on any atom is -0.483 e. The Hall–Kier alpha value is -3.98. The molecule has 35 heavy (non-hydrogen) atoms. The molecule has 9 heteroatoms. The predicted molar refractivity (Wildman–Crippen MR) is 136 cm³/mol. The lowest BCUT2D eigenvalue weighted by Gasteiger charge is -2.13. The summed E-state index contributed by atoms with van der Waals surface area (Å²) in [7, 11) is 0. The van der Waals surface area contributed by atoms with Crippen LogP contribution in [0.3, 0.4) is 0 Å². The number of hydrogen-bond acceptors (Lipinski definition) is 5. The molecule has 0 unspecified atom stereocenters. The van der Waals surface area contributed by atoms with Crippen molar-refractivity contribution in [1.82, 2.24) is 20.3 Å². The van der Waals surface area contributed by atoms with Crippen LogP contribution in [0.1, 0.15) is 21.6 Å². The van der Waals surface area contributed by atoms with Crippen LogP contribution in [0.15, 0.2) is 65.3 Å². The summed E-state index contributed by atoms with van der Waals surface area (Å²) in [6.45, 7) is 2.37. The Balaban J connectivity index is 1.39. The van der Waals surface area contributed by atoms with Gasteiger partial charge in [-0.15, -0.1) is 0 Å². The Morgan fingerprint density at radius 1 is 1.14 bits per heavy atom. The summed E-state index contributed by atoms with van der Waals surface area (Å²) in [5.74, 6) is 0.568. The first-order valence-electron chi connectivity index (χ1n) is 11.1. The van der Waals surface area contributed by atoms with E-state index >= 15 is 0 Å². The molecule has 3 N–H and O–H groups in total. The topological polar surface area (TPSA) is 109 Å². The number of nitrogens with zero attached hydrogens (tertiary/aromatic N) is 2. The second-order valence-electron chi connectivity index (χ2n) is 8.14. The molecule has 4 aromatic rings.